The van der Waals surface area contributed by atoms with Gasteiger partial charge in [-0.15, -0.1) is 0 Å². The lowest BCUT2D eigenvalue weighted by atomic mass is 10.1. The summed E-state index contributed by atoms with van der Waals surface area (Å²) in [6, 6.07) is 9.50. The van der Waals surface area contributed by atoms with E-state index in [0.717, 1.165) is 48.3 Å². The molecule has 1 aliphatic heterocycles. The van der Waals surface area contributed by atoms with Gasteiger partial charge in [0.05, 0.1) is 11.1 Å². The summed E-state index contributed by atoms with van der Waals surface area (Å²) in [5.74, 6) is 0.788. The Labute approximate surface area is 157 Å². The Hall–Kier alpha value is -2.53. The quantitative estimate of drug-likeness (QED) is 0.735. The second-order valence-corrected chi connectivity index (χ2v) is 7.13. The van der Waals surface area contributed by atoms with E-state index in [4.69, 9.17) is 11.6 Å². The van der Waals surface area contributed by atoms with Crippen LogP contribution in [-0.4, -0.2) is 33.4 Å². The lowest BCUT2D eigenvalue weighted by Gasteiger charge is -2.27. The summed E-state index contributed by atoms with van der Waals surface area (Å²) in [7, 11) is 1.96. The van der Waals surface area contributed by atoms with E-state index in [1.807, 2.05) is 53.0 Å². The molecule has 0 saturated carbocycles. The van der Waals surface area contributed by atoms with Gasteiger partial charge in [0.2, 0.25) is 0 Å². The van der Waals surface area contributed by atoms with Gasteiger partial charge in [0, 0.05) is 48.6 Å². The fourth-order valence-electron chi connectivity index (χ4n) is 3.54. The summed E-state index contributed by atoms with van der Waals surface area (Å²) in [6.45, 7) is 1.65. The van der Waals surface area contributed by atoms with Crippen molar-refractivity contribution in [1.82, 2.24) is 14.5 Å². The number of halogens is 1. The molecule has 6 heteroatoms. The van der Waals surface area contributed by atoms with Gasteiger partial charge in [0.15, 0.2) is 0 Å². The van der Waals surface area contributed by atoms with Crippen molar-refractivity contribution in [3.05, 3.63) is 53.3 Å². The third-order valence-corrected chi connectivity index (χ3v) is 5.10. The fourth-order valence-corrected chi connectivity index (χ4v) is 3.73. The minimum atomic E-state index is 0.0679. The van der Waals surface area contributed by atoms with Crippen molar-refractivity contribution >= 4 is 39.9 Å². The van der Waals surface area contributed by atoms with E-state index in [1.54, 1.807) is 6.20 Å². The maximum atomic E-state index is 13.0. The first kappa shape index (κ1) is 16.9. The number of rotatable bonds is 3. The molecule has 1 aromatic carbocycles. The Balaban J connectivity index is 1.73. The van der Waals surface area contributed by atoms with Gasteiger partial charge in [-0.25, -0.2) is 4.98 Å². The van der Waals surface area contributed by atoms with Crippen LogP contribution < -0.4 is 5.32 Å². The molecule has 1 N–H and O–H groups in total. The third kappa shape index (κ3) is 3.15. The number of hydrogen-bond acceptors (Lipinski definition) is 3. The van der Waals surface area contributed by atoms with Crippen LogP contribution in [-0.2, 0) is 7.05 Å². The molecular weight excluding hydrogens is 348 g/mol. The predicted molar refractivity (Wildman–Crippen MR) is 105 cm³/mol. The van der Waals surface area contributed by atoms with Gasteiger partial charge in [-0.2, -0.15) is 0 Å². The first-order valence-corrected chi connectivity index (χ1v) is 9.27. The average Bonchev–Trinajstić information content (AvgIpc) is 3.05. The number of nitrogens with zero attached hydrogens (tertiary/aromatic N) is 3. The molecule has 1 saturated heterocycles. The van der Waals surface area contributed by atoms with Gasteiger partial charge in [-0.1, -0.05) is 17.7 Å². The summed E-state index contributed by atoms with van der Waals surface area (Å²) in [5.41, 5.74) is 2.43. The number of likely N-dealkylation sites (tertiary alicyclic amines) is 1. The Morgan fingerprint density at radius 2 is 2.00 bits per heavy atom. The molecule has 0 atom stereocenters. The lowest BCUT2D eigenvalue weighted by molar-refractivity contribution is 0.0725. The highest BCUT2D eigenvalue weighted by molar-refractivity contribution is 6.30. The van der Waals surface area contributed by atoms with Crippen LogP contribution in [0.15, 0.2) is 42.7 Å². The highest BCUT2D eigenvalue weighted by Gasteiger charge is 2.23. The Morgan fingerprint density at radius 3 is 2.77 bits per heavy atom. The highest BCUT2D eigenvalue weighted by atomic mass is 35.5. The summed E-state index contributed by atoms with van der Waals surface area (Å²) in [6.07, 6.45) is 6.99. The topological polar surface area (TPSA) is 50.2 Å². The molecule has 2 aromatic heterocycles. The highest BCUT2D eigenvalue weighted by Crippen LogP contribution is 2.29. The first-order valence-electron chi connectivity index (χ1n) is 8.89. The number of nitrogens with one attached hydrogen (secondary N) is 1. The van der Waals surface area contributed by atoms with Crippen molar-refractivity contribution in [3.8, 4) is 0 Å². The molecule has 5 nitrogen and oxygen atoms in total. The molecule has 1 amide bonds. The van der Waals surface area contributed by atoms with Gasteiger partial charge in [-0.3, -0.25) is 4.79 Å². The van der Waals surface area contributed by atoms with Crippen LogP contribution in [0, 0.1) is 0 Å². The molecule has 0 radical (unpaired) electrons. The van der Waals surface area contributed by atoms with E-state index >= 15 is 0 Å². The summed E-state index contributed by atoms with van der Waals surface area (Å²) in [5, 5.41) is 4.90. The molecule has 0 aliphatic carbocycles. The van der Waals surface area contributed by atoms with Crippen molar-refractivity contribution in [2.45, 2.75) is 19.3 Å². The second kappa shape index (κ2) is 7.00. The van der Waals surface area contributed by atoms with Gasteiger partial charge in [0.25, 0.3) is 5.91 Å². The molecule has 0 bridgehead atoms. The van der Waals surface area contributed by atoms with Gasteiger partial charge in [0.1, 0.15) is 5.82 Å². The summed E-state index contributed by atoms with van der Waals surface area (Å²) in [4.78, 5) is 19.5. The maximum absolute atomic E-state index is 13.0. The van der Waals surface area contributed by atoms with Gasteiger partial charge in [-0.05, 0) is 43.5 Å². The first-order chi connectivity index (χ1) is 12.6. The van der Waals surface area contributed by atoms with Crippen molar-refractivity contribution < 1.29 is 4.79 Å². The van der Waals surface area contributed by atoms with Crippen LogP contribution in [0.25, 0.3) is 10.9 Å². The number of piperidine rings is 1. The fraction of sp³-hybridized carbons (Fsp3) is 0.300. The van der Waals surface area contributed by atoms with Crippen molar-refractivity contribution in [2.75, 3.05) is 18.4 Å². The molecule has 26 heavy (non-hydrogen) atoms. The summed E-state index contributed by atoms with van der Waals surface area (Å²) < 4.78 is 1.98. The van der Waals surface area contributed by atoms with E-state index in [0.29, 0.717) is 10.6 Å². The number of aromatic nitrogens is 2. The number of amides is 1. The normalized spacial score (nSPS) is 14.6. The van der Waals surface area contributed by atoms with Crippen LogP contribution in [0.4, 0.5) is 11.5 Å². The van der Waals surface area contributed by atoms with E-state index in [-0.39, 0.29) is 5.91 Å². The molecule has 3 heterocycles. The Kier molecular flexibility index (Phi) is 4.55. The minimum Gasteiger partial charge on any atom is -0.350 e. The summed E-state index contributed by atoms with van der Waals surface area (Å²) >= 11 is 6.07. The monoisotopic (exact) mass is 368 g/mol. The number of benzene rings is 1. The molecule has 3 aromatic rings. The zero-order valence-electron chi connectivity index (χ0n) is 14.7. The number of anilines is 2. The lowest BCUT2D eigenvalue weighted by Crippen LogP contribution is -2.35. The minimum absolute atomic E-state index is 0.0679. The van der Waals surface area contributed by atoms with Crippen molar-refractivity contribution in [1.29, 1.82) is 0 Å². The van der Waals surface area contributed by atoms with Crippen LogP contribution in [0.2, 0.25) is 5.02 Å². The SMILES string of the molecule is Cn1ccc2c(Nc3cccc(Cl)c3)ncc(C(=O)N3CCCCC3)c21. The van der Waals surface area contributed by atoms with Crippen molar-refractivity contribution in [2.24, 2.45) is 7.05 Å². The Morgan fingerprint density at radius 1 is 1.19 bits per heavy atom. The number of carbonyl (C=O) groups excluding carboxylic acids is 1. The number of hydrogen-bond donors (Lipinski definition) is 1. The molecule has 4 rings (SSSR count). The predicted octanol–water partition coefficient (Wildman–Crippen LogP) is 4.60. The van der Waals surface area contributed by atoms with Crippen LogP contribution >= 0.6 is 11.6 Å². The number of aryl methyl sites for hydroxylation is 1. The molecule has 0 spiro atoms. The smallest absolute Gasteiger partial charge is 0.257 e. The number of pyridine rings is 1. The molecule has 1 aliphatic rings. The van der Waals surface area contributed by atoms with Crippen LogP contribution in [0.1, 0.15) is 29.6 Å². The molecular formula is C20H21ClN4O. The van der Waals surface area contributed by atoms with Gasteiger partial charge >= 0.3 is 0 Å². The number of carbonyl (C=O) groups is 1. The molecule has 134 valence electrons. The zero-order chi connectivity index (χ0) is 18.1. The standard InChI is InChI=1S/C20H21ClN4O/c1-24-11-8-16-18(24)17(20(26)25-9-3-2-4-10-25)13-22-19(16)23-15-7-5-6-14(21)12-15/h5-8,11-13H,2-4,9-10H2,1H3,(H,22,23). The molecule has 1 fully saturated rings. The van der Waals surface area contributed by atoms with Gasteiger partial charge < -0.3 is 14.8 Å². The largest absolute Gasteiger partial charge is 0.350 e. The zero-order valence-corrected chi connectivity index (χ0v) is 15.5. The molecule has 0 unspecified atom stereocenters. The van der Waals surface area contributed by atoms with Crippen molar-refractivity contribution in [3.63, 3.8) is 0 Å². The van der Waals surface area contributed by atoms with Crippen LogP contribution in [0.5, 0.6) is 0 Å². The van der Waals surface area contributed by atoms with E-state index in [1.165, 1.54) is 6.42 Å². The maximum Gasteiger partial charge on any atom is 0.257 e. The average molecular weight is 369 g/mol. The van der Waals surface area contributed by atoms with E-state index < -0.39 is 0 Å². The van der Waals surface area contributed by atoms with Crippen LogP contribution in [0.3, 0.4) is 0 Å². The second-order valence-electron chi connectivity index (χ2n) is 6.70. The van der Waals surface area contributed by atoms with E-state index in [9.17, 15) is 4.79 Å². The third-order valence-electron chi connectivity index (χ3n) is 4.87. The van der Waals surface area contributed by atoms with E-state index in [2.05, 4.69) is 10.3 Å². The number of fused-ring (bicyclic) bond motifs is 1. The Bertz CT molecular complexity index is 960.